The summed E-state index contributed by atoms with van der Waals surface area (Å²) < 4.78 is 0. The third kappa shape index (κ3) is 3.12. The average molecular weight is 379 g/mol. The normalized spacial score (nSPS) is 22.2. The van der Waals surface area contributed by atoms with Gasteiger partial charge in [-0.15, -0.1) is 0 Å². The summed E-state index contributed by atoms with van der Waals surface area (Å²) in [5.74, 6) is 0.624. The van der Waals surface area contributed by atoms with Crippen LogP contribution in [0.2, 0.25) is 18.6 Å². The van der Waals surface area contributed by atoms with Crippen LogP contribution >= 0.6 is 0 Å². The number of fused-ring (bicyclic) bond motifs is 1. The highest BCUT2D eigenvalue weighted by Crippen LogP contribution is 2.53. The molecule has 0 saturated heterocycles. The summed E-state index contributed by atoms with van der Waals surface area (Å²) in [6.07, 6.45) is 7.15. The van der Waals surface area contributed by atoms with Crippen molar-refractivity contribution in [1.82, 2.24) is 0 Å². The molecule has 3 aliphatic carbocycles. The second kappa shape index (κ2) is 6.92. The van der Waals surface area contributed by atoms with E-state index in [1.54, 1.807) is 49.8 Å². The fraction of sp³-hybridized carbons (Fsp3) is 0.538. The van der Waals surface area contributed by atoms with Crippen LogP contribution in [0.1, 0.15) is 68.2 Å². The zero-order valence-corrected chi connectivity index (χ0v) is 20.2. The summed E-state index contributed by atoms with van der Waals surface area (Å²) >= 11 is 0. The minimum Gasteiger partial charge on any atom is -0.0683 e. The summed E-state index contributed by atoms with van der Waals surface area (Å²) in [4.78, 5) is 0. The highest BCUT2D eigenvalue weighted by atomic mass is 28.3. The minimum atomic E-state index is -1.65. The predicted molar refractivity (Wildman–Crippen MR) is 124 cm³/mol. The van der Waals surface area contributed by atoms with E-state index in [1.807, 2.05) is 0 Å². The molecule has 0 nitrogen and oxygen atoms in total. The van der Waals surface area contributed by atoms with Gasteiger partial charge in [0.1, 0.15) is 0 Å². The molecule has 0 fully saturated rings. The average Bonchev–Trinajstić information content (AvgIpc) is 2.93. The van der Waals surface area contributed by atoms with Gasteiger partial charge in [0.15, 0.2) is 0 Å². The Labute approximate surface area is 168 Å². The molecular formula is C26H38Si. The molecule has 27 heavy (non-hydrogen) atoms. The van der Waals surface area contributed by atoms with Crippen LogP contribution in [-0.2, 0) is 0 Å². The van der Waals surface area contributed by atoms with Gasteiger partial charge in [-0.3, -0.25) is 0 Å². The van der Waals surface area contributed by atoms with Crippen LogP contribution in [0.3, 0.4) is 0 Å². The summed E-state index contributed by atoms with van der Waals surface area (Å²) in [6, 6.07) is 0. The molecule has 0 amide bonds. The fourth-order valence-corrected chi connectivity index (χ4v) is 10.4. The monoisotopic (exact) mass is 378 g/mol. The lowest BCUT2D eigenvalue weighted by Gasteiger charge is -2.35. The Morgan fingerprint density at radius 3 is 1.93 bits per heavy atom. The van der Waals surface area contributed by atoms with E-state index < -0.39 is 8.07 Å². The smallest absolute Gasteiger partial charge is 0.0683 e. The first kappa shape index (κ1) is 20.4. The highest BCUT2D eigenvalue weighted by molar-refractivity contribution is 6.87. The van der Waals surface area contributed by atoms with Crippen LogP contribution in [-0.4, -0.2) is 8.07 Å². The summed E-state index contributed by atoms with van der Waals surface area (Å²) in [6.45, 7) is 24.1. The van der Waals surface area contributed by atoms with Crippen molar-refractivity contribution in [1.29, 1.82) is 0 Å². The number of allylic oxidation sites excluding steroid dienone is 12. The van der Waals surface area contributed by atoms with Gasteiger partial charge in [-0.1, -0.05) is 66.6 Å². The zero-order chi connectivity index (χ0) is 20.3. The first-order chi connectivity index (χ1) is 12.5. The van der Waals surface area contributed by atoms with E-state index in [4.69, 9.17) is 0 Å². The molecule has 0 bridgehead atoms. The molecule has 0 aromatic heterocycles. The molecule has 146 valence electrons. The molecule has 0 aromatic rings. The highest BCUT2D eigenvalue weighted by Gasteiger charge is 2.44. The van der Waals surface area contributed by atoms with E-state index in [1.165, 1.54) is 12.0 Å². The van der Waals surface area contributed by atoms with Gasteiger partial charge < -0.3 is 0 Å². The fourth-order valence-electron chi connectivity index (χ4n) is 5.70. The SMILES string of the molecule is CC1=CC=C(C(C)C)CC2=C(C)CC([Si](C)(C)C3C(C)=C(C)C(C)=C3C)=C12. The zero-order valence-electron chi connectivity index (χ0n) is 19.2. The first-order valence-corrected chi connectivity index (χ1v) is 13.7. The molecule has 3 aliphatic rings. The Hall–Kier alpha value is -1.34. The van der Waals surface area contributed by atoms with Crippen molar-refractivity contribution in [3.8, 4) is 0 Å². The Kier molecular flexibility index (Phi) is 5.23. The number of hydrogen-bond acceptors (Lipinski definition) is 0. The molecule has 0 aliphatic heterocycles. The lowest BCUT2D eigenvalue weighted by molar-refractivity contribution is 0.741. The van der Waals surface area contributed by atoms with Gasteiger partial charge >= 0.3 is 0 Å². The second-order valence-electron chi connectivity index (χ2n) is 9.98. The molecule has 0 atom stereocenters. The van der Waals surface area contributed by atoms with Gasteiger partial charge in [0.2, 0.25) is 0 Å². The molecule has 0 N–H and O–H groups in total. The molecule has 3 rings (SSSR count). The quantitative estimate of drug-likeness (QED) is 0.434. The summed E-state index contributed by atoms with van der Waals surface area (Å²) in [7, 11) is -1.65. The van der Waals surface area contributed by atoms with Crippen LogP contribution < -0.4 is 0 Å². The Balaban J connectivity index is 2.13. The van der Waals surface area contributed by atoms with Crippen LogP contribution in [0.5, 0.6) is 0 Å². The maximum atomic E-state index is 2.63. The molecule has 1 heteroatoms. The van der Waals surface area contributed by atoms with Gasteiger partial charge in [0, 0.05) is 5.54 Å². The van der Waals surface area contributed by atoms with Crippen molar-refractivity contribution in [2.24, 2.45) is 5.92 Å². The van der Waals surface area contributed by atoms with E-state index >= 15 is 0 Å². The van der Waals surface area contributed by atoms with E-state index in [0.29, 0.717) is 11.5 Å². The Bertz CT molecular complexity index is 851. The van der Waals surface area contributed by atoms with Crippen molar-refractivity contribution in [3.63, 3.8) is 0 Å². The van der Waals surface area contributed by atoms with Crippen molar-refractivity contribution in [2.75, 3.05) is 0 Å². The first-order valence-electron chi connectivity index (χ1n) is 10.6. The van der Waals surface area contributed by atoms with Crippen molar-refractivity contribution in [2.45, 2.75) is 86.9 Å². The molecule has 0 aromatic carbocycles. The van der Waals surface area contributed by atoms with E-state index in [2.05, 4.69) is 80.6 Å². The maximum Gasteiger partial charge on any atom is 0.0880 e. The standard InChI is InChI=1S/C26H38Si/c1-15(2)22-12-11-16(3)25-23(14-22)17(4)13-24(25)27(9,10)26-20(7)18(5)19(6)21(26)8/h11-12,15,26H,13-14H2,1-10H3. The van der Waals surface area contributed by atoms with Gasteiger partial charge in [-0.2, -0.15) is 0 Å². The molecule has 0 saturated carbocycles. The Morgan fingerprint density at radius 1 is 0.852 bits per heavy atom. The maximum absolute atomic E-state index is 2.63. The number of rotatable bonds is 3. The molecule has 0 unspecified atom stereocenters. The molecular weight excluding hydrogens is 340 g/mol. The van der Waals surface area contributed by atoms with E-state index in [-0.39, 0.29) is 0 Å². The van der Waals surface area contributed by atoms with Crippen LogP contribution in [0.25, 0.3) is 0 Å². The minimum absolute atomic E-state index is 0.624. The third-order valence-corrected chi connectivity index (χ3v) is 12.0. The van der Waals surface area contributed by atoms with Crippen LogP contribution in [0.4, 0.5) is 0 Å². The lowest BCUT2D eigenvalue weighted by Crippen LogP contribution is -2.37. The second-order valence-corrected chi connectivity index (χ2v) is 14.6. The van der Waals surface area contributed by atoms with Crippen molar-refractivity contribution in [3.05, 3.63) is 67.5 Å². The molecule has 0 radical (unpaired) electrons. The van der Waals surface area contributed by atoms with Crippen LogP contribution in [0, 0.1) is 5.92 Å². The van der Waals surface area contributed by atoms with Crippen molar-refractivity contribution < 1.29 is 0 Å². The summed E-state index contributed by atoms with van der Waals surface area (Å²) in [5.41, 5.74) is 15.0. The van der Waals surface area contributed by atoms with Gasteiger partial charge in [0.05, 0.1) is 8.07 Å². The van der Waals surface area contributed by atoms with Crippen LogP contribution in [0.15, 0.2) is 67.5 Å². The van der Waals surface area contributed by atoms with Crippen molar-refractivity contribution >= 4 is 8.07 Å². The molecule has 0 heterocycles. The van der Waals surface area contributed by atoms with Gasteiger partial charge in [0.25, 0.3) is 0 Å². The van der Waals surface area contributed by atoms with E-state index in [9.17, 15) is 0 Å². The number of hydrogen-bond donors (Lipinski definition) is 0. The van der Waals surface area contributed by atoms with Gasteiger partial charge in [-0.05, 0) is 88.2 Å². The van der Waals surface area contributed by atoms with Gasteiger partial charge in [-0.25, -0.2) is 0 Å². The lowest BCUT2D eigenvalue weighted by atomic mass is 9.92. The third-order valence-electron chi connectivity index (χ3n) is 7.74. The predicted octanol–water partition coefficient (Wildman–Crippen LogP) is 8.24. The largest absolute Gasteiger partial charge is 0.0880 e. The van der Waals surface area contributed by atoms with E-state index in [0.717, 1.165) is 6.42 Å². The topological polar surface area (TPSA) is 0 Å². The Morgan fingerprint density at radius 2 is 1.41 bits per heavy atom. The molecule has 0 spiro atoms. The summed E-state index contributed by atoms with van der Waals surface area (Å²) in [5, 5.41) is 1.80.